The minimum atomic E-state index is 0.304. The molecular weight excluding hydrogens is 301 g/mol. The largest absolute Gasteiger partial charge is 0.359 e. The Bertz CT molecular complexity index is 484. The smallest absolute Gasteiger partial charge is 0.152 e. The molecule has 0 bridgehead atoms. The Labute approximate surface area is 105 Å². The number of alkyl halides is 1. The molecule has 1 aromatic heterocycles. The molecule has 0 radical (unpaired) electrons. The molecule has 0 atom stereocenters. The first-order valence-electron chi connectivity index (χ1n) is 4.18. The zero-order valence-electron chi connectivity index (χ0n) is 7.51. The van der Waals surface area contributed by atoms with Gasteiger partial charge in [-0.2, -0.15) is 0 Å². The monoisotopic (exact) mass is 305 g/mol. The molecule has 0 saturated carbocycles. The third kappa shape index (κ3) is 2.19. The van der Waals surface area contributed by atoms with Crippen molar-refractivity contribution in [1.82, 2.24) is 5.16 Å². The van der Waals surface area contributed by atoms with Gasteiger partial charge in [0.1, 0.15) is 5.69 Å². The molecule has 1 heterocycles. The van der Waals surface area contributed by atoms with E-state index < -0.39 is 0 Å². The van der Waals surface area contributed by atoms with E-state index in [2.05, 4.69) is 21.1 Å². The van der Waals surface area contributed by atoms with Crippen molar-refractivity contribution in [3.05, 3.63) is 39.5 Å². The van der Waals surface area contributed by atoms with E-state index in [1.165, 1.54) is 0 Å². The molecule has 0 unspecified atom stereocenters. The Hall–Kier alpha value is -0.510. The molecule has 2 rings (SSSR count). The highest BCUT2D eigenvalue weighted by atomic mass is 79.9. The molecule has 1 aromatic carbocycles. The summed E-state index contributed by atoms with van der Waals surface area (Å²) in [4.78, 5) is 0. The molecule has 0 saturated heterocycles. The highest BCUT2D eigenvalue weighted by Crippen LogP contribution is 2.33. The maximum atomic E-state index is 6.12. The lowest BCUT2D eigenvalue weighted by molar-refractivity contribution is 0.396. The van der Waals surface area contributed by atoms with Gasteiger partial charge in [0.2, 0.25) is 0 Å². The number of hydrogen-bond donors (Lipinski definition) is 0. The lowest BCUT2D eigenvalue weighted by atomic mass is 10.1. The van der Waals surface area contributed by atoms with E-state index in [0.29, 0.717) is 22.4 Å². The van der Waals surface area contributed by atoms with Crippen LogP contribution in [0.2, 0.25) is 5.02 Å². The SMILES string of the molecule is ClCc1cc(-c2cccc(Br)c2Cl)no1. The van der Waals surface area contributed by atoms with Crippen LogP contribution in [0.25, 0.3) is 11.3 Å². The second-order valence-electron chi connectivity index (χ2n) is 2.91. The van der Waals surface area contributed by atoms with Crippen molar-refractivity contribution >= 4 is 39.1 Å². The minimum Gasteiger partial charge on any atom is -0.359 e. The van der Waals surface area contributed by atoms with Crippen LogP contribution in [0.4, 0.5) is 0 Å². The molecule has 78 valence electrons. The van der Waals surface area contributed by atoms with Crippen molar-refractivity contribution in [2.24, 2.45) is 0 Å². The molecule has 0 amide bonds. The van der Waals surface area contributed by atoms with Gasteiger partial charge in [0.05, 0.1) is 10.9 Å². The van der Waals surface area contributed by atoms with Gasteiger partial charge in [-0.05, 0) is 22.0 Å². The number of hydrogen-bond acceptors (Lipinski definition) is 2. The van der Waals surface area contributed by atoms with Crippen LogP contribution in [0.5, 0.6) is 0 Å². The van der Waals surface area contributed by atoms with Crippen LogP contribution in [-0.2, 0) is 5.88 Å². The fraction of sp³-hybridized carbons (Fsp3) is 0.100. The van der Waals surface area contributed by atoms with Gasteiger partial charge in [0.25, 0.3) is 0 Å². The molecule has 0 aliphatic heterocycles. The normalized spacial score (nSPS) is 10.6. The van der Waals surface area contributed by atoms with E-state index in [-0.39, 0.29) is 0 Å². The van der Waals surface area contributed by atoms with Crippen molar-refractivity contribution < 1.29 is 4.52 Å². The van der Waals surface area contributed by atoms with Gasteiger partial charge in [-0.25, -0.2) is 0 Å². The van der Waals surface area contributed by atoms with Crippen LogP contribution in [0, 0.1) is 0 Å². The Kier molecular flexibility index (Phi) is 3.34. The number of rotatable bonds is 2. The summed E-state index contributed by atoms with van der Waals surface area (Å²) >= 11 is 15.1. The summed E-state index contributed by atoms with van der Waals surface area (Å²) in [6, 6.07) is 7.42. The summed E-state index contributed by atoms with van der Waals surface area (Å²) in [5.74, 6) is 0.932. The Morgan fingerprint density at radius 1 is 1.40 bits per heavy atom. The molecule has 0 spiro atoms. The van der Waals surface area contributed by atoms with E-state index in [0.717, 1.165) is 10.0 Å². The number of benzene rings is 1. The topological polar surface area (TPSA) is 26.0 Å². The first-order chi connectivity index (χ1) is 7.22. The Balaban J connectivity index is 2.49. The van der Waals surface area contributed by atoms with Crippen LogP contribution in [-0.4, -0.2) is 5.16 Å². The van der Waals surface area contributed by atoms with Crippen molar-refractivity contribution in [2.45, 2.75) is 5.88 Å². The van der Waals surface area contributed by atoms with Crippen molar-refractivity contribution in [3.8, 4) is 11.3 Å². The number of aromatic nitrogens is 1. The van der Waals surface area contributed by atoms with Crippen molar-refractivity contribution in [3.63, 3.8) is 0 Å². The second-order valence-corrected chi connectivity index (χ2v) is 4.41. The molecule has 0 N–H and O–H groups in total. The summed E-state index contributed by atoms with van der Waals surface area (Å²) in [5, 5.41) is 4.51. The summed E-state index contributed by atoms with van der Waals surface area (Å²) in [6.45, 7) is 0. The van der Waals surface area contributed by atoms with Gasteiger partial charge in [0, 0.05) is 16.1 Å². The van der Waals surface area contributed by atoms with Crippen LogP contribution in [0.15, 0.2) is 33.3 Å². The van der Waals surface area contributed by atoms with Gasteiger partial charge in [-0.15, -0.1) is 11.6 Å². The van der Waals surface area contributed by atoms with Crippen LogP contribution in [0.1, 0.15) is 5.76 Å². The fourth-order valence-electron chi connectivity index (χ4n) is 1.20. The van der Waals surface area contributed by atoms with E-state index in [9.17, 15) is 0 Å². The Morgan fingerprint density at radius 2 is 2.20 bits per heavy atom. The first-order valence-corrected chi connectivity index (χ1v) is 5.89. The van der Waals surface area contributed by atoms with Crippen molar-refractivity contribution in [2.75, 3.05) is 0 Å². The molecule has 15 heavy (non-hydrogen) atoms. The van der Waals surface area contributed by atoms with Gasteiger partial charge in [0.15, 0.2) is 5.76 Å². The average Bonchev–Trinajstić information content (AvgIpc) is 2.70. The molecule has 2 nitrogen and oxygen atoms in total. The summed E-state index contributed by atoms with van der Waals surface area (Å²) in [5.41, 5.74) is 1.52. The molecular formula is C10H6BrCl2NO. The highest BCUT2D eigenvalue weighted by Gasteiger charge is 2.10. The molecule has 0 aliphatic carbocycles. The van der Waals surface area contributed by atoms with E-state index in [1.54, 1.807) is 6.07 Å². The predicted molar refractivity (Wildman–Crippen MR) is 64.2 cm³/mol. The van der Waals surface area contributed by atoms with Gasteiger partial charge < -0.3 is 4.52 Å². The van der Waals surface area contributed by atoms with Crippen molar-refractivity contribution in [1.29, 1.82) is 0 Å². The van der Waals surface area contributed by atoms with E-state index >= 15 is 0 Å². The summed E-state index contributed by atoms with van der Waals surface area (Å²) in [7, 11) is 0. The molecule has 5 heteroatoms. The Morgan fingerprint density at radius 3 is 2.87 bits per heavy atom. The van der Waals surface area contributed by atoms with Crippen LogP contribution in [0.3, 0.4) is 0 Å². The average molecular weight is 307 g/mol. The molecule has 0 fully saturated rings. The predicted octanol–water partition coefficient (Wildman–Crippen LogP) is 4.50. The molecule has 0 aliphatic rings. The first kappa shape index (κ1) is 11.0. The molecule has 2 aromatic rings. The van der Waals surface area contributed by atoms with Gasteiger partial charge in [-0.3, -0.25) is 0 Å². The third-order valence-electron chi connectivity index (χ3n) is 1.92. The third-order valence-corrected chi connectivity index (χ3v) is 3.48. The fourth-order valence-corrected chi connectivity index (χ4v) is 1.92. The zero-order valence-corrected chi connectivity index (χ0v) is 10.6. The maximum Gasteiger partial charge on any atom is 0.152 e. The van der Waals surface area contributed by atoms with Gasteiger partial charge >= 0.3 is 0 Å². The highest BCUT2D eigenvalue weighted by molar-refractivity contribution is 9.10. The van der Waals surface area contributed by atoms with E-state index in [1.807, 2.05) is 18.2 Å². The quantitative estimate of drug-likeness (QED) is 0.764. The van der Waals surface area contributed by atoms with E-state index in [4.69, 9.17) is 27.7 Å². The maximum absolute atomic E-state index is 6.12. The standard InChI is InChI=1S/C10H6BrCl2NO/c11-8-3-1-2-7(10(8)13)9-4-6(5-12)15-14-9/h1-4H,5H2. The zero-order chi connectivity index (χ0) is 10.8. The minimum absolute atomic E-state index is 0.304. The number of halogens is 3. The van der Waals surface area contributed by atoms with Gasteiger partial charge in [-0.1, -0.05) is 28.9 Å². The number of nitrogens with zero attached hydrogens (tertiary/aromatic N) is 1. The summed E-state index contributed by atoms with van der Waals surface area (Å²) < 4.78 is 5.84. The summed E-state index contributed by atoms with van der Waals surface area (Å²) in [6.07, 6.45) is 0. The van der Waals surface area contributed by atoms with Crippen LogP contribution >= 0.6 is 39.1 Å². The second kappa shape index (κ2) is 4.56. The van der Waals surface area contributed by atoms with Crippen LogP contribution < -0.4 is 0 Å². The lowest BCUT2D eigenvalue weighted by Gasteiger charge is -2.00. The lowest BCUT2D eigenvalue weighted by Crippen LogP contribution is -1.79.